The lowest BCUT2D eigenvalue weighted by molar-refractivity contribution is 1.35. The Hall–Kier alpha value is -0.740. The maximum Gasteiger partial charge on any atom is 0.100 e. The number of thiol groups is 1. The number of hydrogen-bond donors (Lipinski definition) is 2. The molecule has 0 unspecified atom stereocenters. The second kappa shape index (κ2) is 2.71. The van der Waals surface area contributed by atoms with Crippen molar-refractivity contribution in [2.45, 2.75) is 4.90 Å². The van der Waals surface area contributed by atoms with Crippen molar-refractivity contribution in [2.24, 2.45) is 0 Å². The monoisotopic (exact) mass is 182 g/mol. The van der Waals surface area contributed by atoms with Crippen LogP contribution in [0.4, 0.5) is 0 Å². The van der Waals surface area contributed by atoms with Crippen LogP contribution in [-0.2, 0) is 0 Å². The highest BCUT2D eigenvalue weighted by Gasteiger charge is 2.00. The molecule has 1 N–H and O–H groups in total. The topological polar surface area (TPSA) is 28.7 Å². The van der Waals surface area contributed by atoms with E-state index in [0.29, 0.717) is 0 Å². The van der Waals surface area contributed by atoms with Gasteiger partial charge in [-0.25, -0.2) is 0 Å². The van der Waals surface area contributed by atoms with Crippen molar-refractivity contribution in [3.63, 3.8) is 0 Å². The second-order valence-electron chi connectivity index (χ2n) is 2.16. The minimum atomic E-state index is 0.938. The lowest BCUT2D eigenvalue weighted by Crippen LogP contribution is -1.72. The first-order chi connectivity index (χ1) is 5.36. The summed E-state index contributed by atoms with van der Waals surface area (Å²) in [4.78, 5) is 4.01. The molecule has 0 aromatic carbocycles. The highest BCUT2D eigenvalue weighted by Crippen LogP contribution is 2.19. The fourth-order valence-electron chi connectivity index (χ4n) is 0.882. The van der Waals surface area contributed by atoms with Gasteiger partial charge in [-0.2, -0.15) is 4.37 Å². The van der Waals surface area contributed by atoms with Gasteiger partial charge in [0.15, 0.2) is 0 Å². The summed E-state index contributed by atoms with van der Waals surface area (Å²) in [6, 6.07) is 3.93. The molecule has 2 nitrogen and oxygen atoms in total. The fourth-order valence-corrected chi connectivity index (χ4v) is 1.60. The summed E-state index contributed by atoms with van der Waals surface area (Å²) in [5, 5.41) is 1.95. The van der Waals surface area contributed by atoms with Crippen LogP contribution in [0.15, 0.2) is 28.6 Å². The quantitative estimate of drug-likeness (QED) is 0.651. The summed E-state index contributed by atoms with van der Waals surface area (Å²) in [6.07, 6.45) is 1.85. The molecule has 2 rings (SSSR count). The number of aromatic amines is 1. The van der Waals surface area contributed by atoms with Gasteiger partial charge in [0.1, 0.15) is 5.69 Å². The Balaban J connectivity index is 2.45. The van der Waals surface area contributed by atoms with Crippen molar-refractivity contribution in [1.82, 2.24) is 9.36 Å². The number of hydrogen-bond acceptors (Lipinski definition) is 3. The highest BCUT2D eigenvalue weighted by molar-refractivity contribution is 7.80. The van der Waals surface area contributed by atoms with Gasteiger partial charge in [-0.15, -0.1) is 12.6 Å². The molecule has 0 aliphatic rings. The van der Waals surface area contributed by atoms with Crippen molar-refractivity contribution < 1.29 is 0 Å². The van der Waals surface area contributed by atoms with Gasteiger partial charge in [-0.3, -0.25) is 0 Å². The molecule has 0 aliphatic heterocycles. The molecule has 0 saturated carbocycles. The SMILES string of the molecule is Sc1c[nH]c(-c2ccsn2)c1. The minimum Gasteiger partial charge on any atom is -0.359 e. The van der Waals surface area contributed by atoms with E-state index < -0.39 is 0 Å². The molecule has 2 aromatic heterocycles. The number of nitrogens with zero attached hydrogens (tertiary/aromatic N) is 1. The van der Waals surface area contributed by atoms with Crippen molar-refractivity contribution in [1.29, 1.82) is 0 Å². The van der Waals surface area contributed by atoms with Gasteiger partial charge in [0, 0.05) is 16.5 Å². The van der Waals surface area contributed by atoms with Gasteiger partial charge in [0.05, 0.1) is 5.69 Å². The van der Waals surface area contributed by atoms with Crippen LogP contribution in [0.2, 0.25) is 0 Å². The Kier molecular flexibility index (Phi) is 1.71. The zero-order chi connectivity index (χ0) is 7.68. The average molecular weight is 182 g/mol. The molecule has 2 aromatic rings. The first-order valence-electron chi connectivity index (χ1n) is 3.14. The van der Waals surface area contributed by atoms with Crippen LogP contribution in [0.1, 0.15) is 0 Å². The maximum absolute atomic E-state index is 4.18. The number of H-pyrrole nitrogens is 1. The zero-order valence-electron chi connectivity index (χ0n) is 5.61. The van der Waals surface area contributed by atoms with Crippen LogP contribution in [0.5, 0.6) is 0 Å². The summed E-state index contributed by atoms with van der Waals surface area (Å²) in [5.74, 6) is 0. The molecule has 0 amide bonds. The molecule has 0 aliphatic carbocycles. The first-order valence-corrected chi connectivity index (χ1v) is 4.43. The zero-order valence-corrected chi connectivity index (χ0v) is 7.32. The third-order valence-electron chi connectivity index (χ3n) is 1.38. The average Bonchev–Trinajstić information content (AvgIpc) is 2.55. The minimum absolute atomic E-state index is 0.938. The van der Waals surface area contributed by atoms with Gasteiger partial charge in [-0.05, 0) is 23.7 Å². The molecule has 0 radical (unpaired) electrons. The predicted molar refractivity (Wildman–Crippen MR) is 49.2 cm³/mol. The van der Waals surface area contributed by atoms with Crippen molar-refractivity contribution in [3.8, 4) is 11.4 Å². The van der Waals surface area contributed by atoms with Gasteiger partial charge in [0.25, 0.3) is 0 Å². The second-order valence-corrected chi connectivity index (χ2v) is 3.34. The van der Waals surface area contributed by atoms with Crippen LogP contribution in [0.25, 0.3) is 11.4 Å². The van der Waals surface area contributed by atoms with E-state index in [1.54, 1.807) is 0 Å². The van der Waals surface area contributed by atoms with E-state index in [9.17, 15) is 0 Å². The van der Waals surface area contributed by atoms with Crippen LogP contribution in [-0.4, -0.2) is 9.36 Å². The van der Waals surface area contributed by atoms with E-state index in [-0.39, 0.29) is 0 Å². The molecule has 2 heterocycles. The van der Waals surface area contributed by atoms with Crippen molar-refractivity contribution >= 4 is 24.2 Å². The van der Waals surface area contributed by atoms with Crippen LogP contribution in [0.3, 0.4) is 0 Å². The summed E-state index contributed by atoms with van der Waals surface area (Å²) < 4.78 is 4.18. The Labute approximate surface area is 73.9 Å². The smallest absolute Gasteiger partial charge is 0.100 e. The Morgan fingerprint density at radius 1 is 1.55 bits per heavy atom. The summed E-state index contributed by atoms with van der Waals surface area (Å²) >= 11 is 5.63. The van der Waals surface area contributed by atoms with E-state index >= 15 is 0 Å². The van der Waals surface area contributed by atoms with Crippen molar-refractivity contribution in [3.05, 3.63) is 23.7 Å². The highest BCUT2D eigenvalue weighted by atomic mass is 32.1. The molecule has 0 fully saturated rings. The van der Waals surface area contributed by atoms with E-state index in [4.69, 9.17) is 0 Å². The van der Waals surface area contributed by atoms with Crippen molar-refractivity contribution in [2.75, 3.05) is 0 Å². The predicted octanol–water partition coefficient (Wildman–Crippen LogP) is 2.43. The molecule has 56 valence electrons. The van der Waals surface area contributed by atoms with E-state index in [1.807, 2.05) is 23.7 Å². The summed E-state index contributed by atoms with van der Waals surface area (Å²) in [7, 11) is 0. The molecular weight excluding hydrogens is 176 g/mol. The Morgan fingerprint density at radius 2 is 2.45 bits per heavy atom. The fraction of sp³-hybridized carbons (Fsp3) is 0. The maximum atomic E-state index is 4.18. The number of rotatable bonds is 1. The molecule has 0 saturated heterocycles. The largest absolute Gasteiger partial charge is 0.359 e. The standard InChI is InChI=1S/C7H6N2S2/c10-5-3-7(8-4-5)6-1-2-11-9-6/h1-4,8,10H. The van der Waals surface area contributed by atoms with E-state index in [1.165, 1.54) is 11.5 Å². The van der Waals surface area contributed by atoms with Crippen LogP contribution >= 0.6 is 24.2 Å². The number of aromatic nitrogens is 2. The van der Waals surface area contributed by atoms with Gasteiger partial charge in [-0.1, -0.05) is 0 Å². The molecule has 0 bridgehead atoms. The first kappa shape index (κ1) is 6.94. The number of nitrogens with one attached hydrogen (secondary N) is 1. The van der Waals surface area contributed by atoms with Crippen LogP contribution in [0, 0.1) is 0 Å². The van der Waals surface area contributed by atoms with Crippen LogP contribution < -0.4 is 0 Å². The lowest BCUT2D eigenvalue weighted by Gasteiger charge is -1.85. The molecule has 4 heteroatoms. The van der Waals surface area contributed by atoms with E-state index in [0.717, 1.165) is 16.3 Å². The Morgan fingerprint density at radius 3 is 3.00 bits per heavy atom. The summed E-state index contributed by atoms with van der Waals surface area (Å²) in [6.45, 7) is 0. The van der Waals surface area contributed by atoms with E-state index in [2.05, 4.69) is 22.0 Å². The van der Waals surface area contributed by atoms with Gasteiger partial charge >= 0.3 is 0 Å². The normalized spacial score (nSPS) is 10.3. The molecular formula is C7H6N2S2. The molecule has 0 spiro atoms. The third-order valence-corrected chi connectivity index (χ3v) is 2.20. The Bertz CT molecular complexity index is 337. The molecule has 11 heavy (non-hydrogen) atoms. The summed E-state index contributed by atoms with van der Waals surface area (Å²) in [5.41, 5.74) is 2.01. The van der Waals surface area contributed by atoms with Gasteiger partial charge < -0.3 is 4.98 Å². The van der Waals surface area contributed by atoms with Gasteiger partial charge in [0.2, 0.25) is 0 Å². The molecule has 0 atom stereocenters. The lowest BCUT2D eigenvalue weighted by atomic mass is 10.3. The third kappa shape index (κ3) is 1.32.